The molecule has 0 spiro atoms. The highest BCUT2D eigenvalue weighted by atomic mass is 15.2. The molecule has 0 aromatic carbocycles. The number of rotatable bonds is 4. The van der Waals surface area contributed by atoms with E-state index in [-0.39, 0.29) is 0 Å². The molecule has 0 amide bonds. The van der Waals surface area contributed by atoms with E-state index in [1.807, 2.05) is 12.4 Å². The predicted octanol–water partition coefficient (Wildman–Crippen LogP) is 2.38. The molecule has 110 valence electrons. The molecular weight excluding hydrogens is 248 g/mol. The number of allylic oxidation sites excluding steroid dienone is 2. The largest absolute Gasteiger partial charge is 0.372 e. The van der Waals surface area contributed by atoms with E-state index in [0.29, 0.717) is 0 Å². The fourth-order valence-electron chi connectivity index (χ4n) is 2.62. The molecule has 0 saturated carbocycles. The third kappa shape index (κ3) is 3.31. The van der Waals surface area contributed by atoms with Crippen molar-refractivity contribution in [3.63, 3.8) is 0 Å². The molecule has 0 aliphatic carbocycles. The fraction of sp³-hybridized carbons (Fsp3) is 0.562. The van der Waals surface area contributed by atoms with E-state index in [1.54, 1.807) is 0 Å². The van der Waals surface area contributed by atoms with E-state index in [1.165, 1.54) is 16.8 Å². The number of hydrogen-bond donors (Lipinski definition) is 2. The molecule has 2 aliphatic rings. The molecule has 20 heavy (non-hydrogen) atoms. The van der Waals surface area contributed by atoms with Crippen LogP contribution in [0.2, 0.25) is 0 Å². The van der Waals surface area contributed by atoms with Gasteiger partial charge in [-0.05, 0) is 31.5 Å². The van der Waals surface area contributed by atoms with Crippen LogP contribution in [-0.4, -0.2) is 36.9 Å². The highest BCUT2D eigenvalue weighted by Gasteiger charge is 2.22. The Hall–Kier alpha value is -1.55. The van der Waals surface area contributed by atoms with Gasteiger partial charge in [-0.25, -0.2) is 4.99 Å². The number of nitrogens with one attached hydrogen (secondary N) is 2. The molecule has 1 fully saturated rings. The van der Waals surface area contributed by atoms with Crippen molar-refractivity contribution < 1.29 is 0 Å². The lowest BCUT2D eigenvalue weighted by Crippen LogP contribution is -2.43. The average Bonchev–Trinajstić information content (AvgIpc) is 2.90. The highest BCUT2D eigenvalue weighted by Crippen LogP contribution is 2.26. The summed E-state index contributed by atoms with van der Waals surface area (Å²) >= 11 is 0. The standard InChI is InChI=1S/C16H26N4/c1-4-6-7-18-16-15(14(5-2)12-19-16)13(3)20-10-8-17-9-11-20/h6-7,12,17H,4-5,8-11H2,1-3H3,(H,18,19)/b7-6+,15-13+. The van der Waals surface area contributed by atoms with Gasteiger partial charge in [0.1, 0.15) is 5.84 Å². The number of aliphatic imine (C=N–C) groups is 1. The second-order valence-corrected chi connectivity index (χ2v) is 5.14. The molecule has 0 aromatic heterocycles. The first kappa shape index (κ1) is 14.9. The first-order chi connectivity index (χ1) is 9.77. The quantitative estimate of drug-likeness (QED) is 0.827. The van der Waals surface area contributed by atoms with Gasteiger partial charge in [-0.3, -0.25) is 0 Å². The predicted molar refractivity (Wildman–Crippen MR) is 85.5 cm³/mol. The zero-order valence-corrected chi connectivity index (χ0v) is 12.9. The maximum Gasteiger partial charge on any atom is 0.139 e. The van der Waals surface area contributed by atoms with E-state index >= 15 is 0 Å². The van der Waals surface area contributed by atoms with Crippen LogP contribution < -0.4 is 10.6 Å². The van der Waals surface area contributed by atoms with Gasteiger partial charge in [-0.1, -0.05) is 19.9 Å². The van der Waals surface area contributed by atoms with E-state index in [2.05, 4.69) is 47.4 Å². The fourth-order valence-corrected chi connectivity index (χ4v) is 2.62. The Kier molecular flexibility index (Phi) is 5.41. The van der Waals surface area contributed by atoms with Crippen LogP contribution in [0.3, 0.4) is 0 Å². The lowest BCUT2D eigenvalue weighted by molar-refractivity contribution is 0.298. The first-order valence-electron chi connectivity index (χ1n) is 7.63. The molecule has 0 radical (unpaired) electrons. The maximum absolute atomic E-state index is 4.55. The van der Waals surface area contributed by atoms with Gasteiger partial charge in [-0.2, -0.15) is 0 Å². The second-order valence-electron chi connectivity index (χ2n) is 5.14. The van der Waals surface area contributed by atoms with E-state index < -0.39 is 0 Å². The van der Waals surface area contributed by atoms with Crippen molar-refractivity contribution in [2.45, 2.75) is 33.6 Å². The molecule has 4 nitrogen and oxygen atoms in total. The van der Waals surface area contributed by atoms with Crippen LogP contribution in [0.15, 0.2) is 40.3 Å². The molecule has 2 N–H and O–H groups in total. The Bertz CT molecular complexity index is 451. The molecule has 2 rings (SSSR count). The average molecular weight is 274 g/mol. The van der Waals surface area contributed by atoms with Crippen LogP contribution in [0.1, 0.15) is 33.6 Å². The van der Waals surface area contributed by atoms with Crippen molar-refractivity contribution in [2.75, 3.05) is 26.2 Å². The van der Waals surface area contributed by atoms with Gasteiger partial charge in [0.15, 0.2) is 0 Å². The van der Waals surface area contributed by atoms with Crippen LogP contribution in [0.5, 0.6) is 0 Å². The molecule has 2 aliphatic heterocycles. The van der Waals surface area contributed by atoms with Crippen molar-refractivity contribution in [3.05, 3.63) is 35.3 Å². The summed E-state index contributed by atoms with van der Waals surface area (Å²) in [5.74, 6) is 0.989. The lowest BCUT2D eigenvalue weighted by atomic mass is 10.0. The van der Waals surface area contributed by atoms with E-state index in [9.17, 15) is 0 Å². The van der Waals surface area contributed by atoms with Crippen molar-refractivity contribution in [1.82, 2.24) is 15.5 Å². The molecule has 0 atom stereocenters. The summed E-state index contributed by atoms with van der Waals surface area (Å²) in [6, 6.07) is 0. The summed E-state index contributed by atoms with van der Waals surface area (Å²) in [6.07, 6.45) is 8.17. The molecule has 2 heterocycles. The lowest BCUT2D eigenvalue weighted by Gasteiger charge is -2.31. The van der Waals surface area contributed by atoms with Gasteiger partial charge < -0.3 is 15.5 Å². The molecule has 0 aromatic rings. The van der Waals surface area contributed by atoms with Gasteiger partial charge in [0.05, 0.1) is 0 Å². The minimum Gasteiger partial charge on any atom is -0.372 e. The Balaban J connectivity index is 2.20. The van der Waals surface area contributed by atoms with E-state index in [4.69, 9.17) is 0 Å². The summed E-state index contributed by atoms with van der Waals surface area (Å²) in [5.41, 5.74) is 3.96. The minimum atomic E-state index is 0.989. The number of hydrogen-bond acceptors (Lipinski definition) is 4. The van der Waals surface area contributed by atoms with Gasteiger partial charge >= 0.3 is 0 Å². The van der Waals surface area contributed by atoms with Crippen LogP contribution in [0.4, 0.5) is 0 Å². The van der Waals surface area contributed by atoms with Gasteiger partial charge in [-0.15, -0.1) is 0 Å². The van der Waals surface area contributed by atoms with Crippen molar-refractivity contribution >= 4 is 5.84 Å². The summed E-state index contributed by atoms with van der Waals surface area (Å²) in [5, 5.41) is 6.74. The second kappa shape index (κ2) is 7.29. The summed E-state index contributed by atoms with van der Waals surface area (Å²) in [6.45, 7) is 10.8. The van der Waals surface area contributed by atoms with Gasteiger partial charge in [0, 0.05) is 43.6 Å². The number of amidine groups is 1. The minimum absolute atomic E-state index is 0.989. The topological polar surface area (TPSA) is 39.7 Å². The van der Waals surface area contributed by atoms with Crippen LogP contribution in [0.25, 0.3) is 0 Å². The maximum atomic E-state index is 4.55. The number of piperazine rings is 1. The molecular formula is C16H26N4. The van der Waals surface area contributed by atoms with Crippen molar-refractivity contribution in [1.29, 1.82) is 0 Å². The van der Waals surface area contributed by atoms with Gasteiger partial charge in [0.2, 0.25) is 0 Å². The van der Waals surface area contributed by atoms with Crippen LogP contribution in [0, 0.1) is 0 Å². The Morgan fingerprint density at radius 2 is 2.15 bits per heavy atom. The molecule has 4 heteroatoms. The monoisotopic (exact) mass is 274 g/mol. The third-order valence-electron chi connectivity index (χ3n) is 3.82. The normalized spacial score (nSPS) is 22.1. The summed E-state index contributed by atoms with van der Waals surface area (Å²) in [4.78, 5) is 7.01. The third-order valence-corrected chi connectivity index (χ3v) is 3.82. The smallest absolute Gasteiger partial charge is 0.139 e. The Morgan fingerprint density at radius 1 is 1.40 bits per heavy atom. The summed E-state index contributed by atoms with van der Waals surface area (Å²) < 4.78 is 0. The zero-order valence-electron chi connectivity index (χ0n) is 12.9. The number of nitrogens with zero attached hydrogens (tertiary/aromatic N) is 2. The highest BCUT2D eigenvalue weighted by molar-refractivity contribution is 6.05. The van der Waals surface area contributed by atoms with Crippen molar-refractivity contribution in [2.24, 2.45) is 4.99 Å². The van der Waals surface area contributed by atoms with E-state index in [0.717, 1.165) is 44.9 Å². The van der Waals surface area contributed by atoms with Crippen molar-refractivity contribution in [3.8, 4) is 0 Å². The summed E-state index contributed by atoms with van der Waals surface area (Å²) in [7, 11) is 0. The van der Waals surface area contributed by atoms with Gasteiger partial charge in [0.25, 0.3) is 0 Å². The van der Waals surface area contributed by atoms with Crippen LogP contribution >= 0.6 is 0 Å². The molecule has 0 bridgehead atoms. The molecule has 1 saturated heterocycles. The Morgan fingerprint density at radius 3 is 2.80 bits per heavy atom. The zero-order chi connectivity index (χ0) is 14.4. The molecule has 0 unspecified atom stereocenters. The Labute approximate surface area is 122 Å². The van der Waals surface area contributed by atoms with Crippen LogP contribution in [-0.2, 0) is 0 Å². The first-order valence-corrected chi connectivity index (χ1v) is 7.63. The SMILES string of the molecule is CC/C=C/NC1=NC=C(CC)/C1=C(/C)N1CCNCC1.